The molecular weight excluding hydrogens is 224 g/mol. The van der Waals surface area contributed by atoms with Gasteiger partial charge in [-0.15, -0.1) is 0 Å². The molecule has 2 heteroatoms. The molecule has 2 bridgehead atoms. The molecule has 2 nitrogen and oxygen atoms in total. The SMILES string of the molecule is CCOC(=O)[C@H]1[C@H](C2(C3CC3)CC2)[C@H]2C=C[C@@H]1C2. The van der Waals surface area contributed by atoms with E-state index in [0.717, 1.165) is 5.92 Å². The van der Waals surface area contributed by atoms with Gasteiger partial charge >= 0.3 is 5.97 Å². The second-order valence-electron chi connectivity index (χ2n) is 6.76. The summed E-state index contributed by atoms with van der Waals surface area (Å²) in [5.41, 5.74) is 0.543. The van der Waals surface area contributed by atoms with E-state index < -0.39 is 0 Å². The van der Waals surface area contributed by atoms with Gasteiger partial charge in [0.25, 0.3) is 0 Å². The van der Waals surface area contributed by atoms with E-state index in [1.807, 2.05) is 6.92 Å². The molecule has 0 spiro atoms. The predicted octanol–water partition coefficient (Wildman–Crippen LogP) is 3.18. The first-order chi connectivity index (χ1) is 8.76. The first-order valence-corrected chi connectivity index (χ1v) is 7.61. The van der Waals surface area contributed by atoms with Crippen molar-refractivity contribution in [1.82, 2.24) is 0 Å². The summed E-state index contributed by atoms with van der Waals surface area (Å²) in [4.78, 5) is 12.3. The average Bonchev–Trinajstić information content (AvgIpc) is 3.26. The molecule has 18 heavy (non-hydrogen) atoms. The fourth-order valence-electron chi connectivity index (χ4n) is 4.98. The van der Waals surface area contributed by atoms with Crippen LogP contribution in [-0.2, 0) is 9.53 Å². The van der Waals surface area contributed by atoms with Crippen LogP contribution in [0.5, 0.6) is 0 Å². The summed E-state index contributed by atoms with van der Waals surface area (Å²) in [6.45, 7) is 2.45. The van der Waals surface area contributed by atoms with Gasteiger partial charge in [-0.05, 0) is 68.1 Å². The third-order valence-electron chi connectivity index (χ3n) is 5.90. The van der Waals surface area contributed by atoms with E-state index >= 15 is 0 Å². The van der Waals surface area contributed by atoms with Crippen molar-refractivity contribution >= 4 is 5.97 Å². The van der Waals surface area contributed by atoms with Gasteiger partial charge in [0.15, 0.2) is 0 Å². The van der Waals surface area contributed by atoms with Crippen molar-refractivity contribution in [3.05, 3.63) is 12.2 Å². The second-order valence-corrected chi connectivity index (χ2v) is 6.76. The molecule has 0 amide bonds. The number of ether oxygens (including phenoxy) is 1. The molecular formula is C16H22O2. The summed E-state index contributed by atoms with van der Waals surface area (Å²) in [6.07, 6.45) is 11.5. The molecule has 4 aliphatic carbocycles. The van der Waals surface area contributed by atoms with E-state index in [9.17, 15) is 4.79 Å². The van der Waals surface area contributed by atoms with Crippen LogP contribution in [0.3, 0.4) is 0 Å². The van der Waals surface area contributed by atoms with E-state index in [-0.39, 0.29) is 11.9 Å². The van der Waals surface area contributed by atoms with Crippen LogP contribution < -0.4 is 0 Å². The Hall–Kier alpha value is -0.790. The van der Waals surface area contributed by atoms with E-state index in [1.165, 1.54) is 32.1 Å². The minimum Gasteiger partial charge on any atom is -0.466 e. The Morgan fingerprint density at radius 2 is 2.00 bits per heavy atom. The van der Waals surface area contributed by atoms with Gasteiger partial charge in [0.1, 0.15) is 0 Å². The zero-order chi connectivity index (χ0) is 12.3. The maximum atomic E-state index is 12.3. The standard InChI is InChI=1S/C16H22O2/c1-2-18-15(17)13-10-3-4-11(9-10)14(13)16(7-8-16)12-5-6-12/h3-4,10-14H,2,5-9H2,1H3/t10-,11+,13-,14-/m1/s1. The summed E-state index contributed by atoms with van der Waals surface area (Å²) < 4.78 is 5.36. The lowest BCUT2D eigenvalue weighted by atomic mass is 9.70. The smallest absolute Gasteiger partial charge is 0.309 e. The van der Waals surface area contributed by atoms with E-state index in [4.69, 9.17) is 4.74 Å². The highest BCUT2D eigenvalue weighted by atomic mass is 16.5. The lowest BCUT2D eigenvalue weighted by Crippen LogP contribution is -2.36. The van der Waals surface area contributed by atoms with Crippen LogP contribution in [-0.4, -0.2) is 12.6 Å². The lowest BCUT2D eigenvalue weighted by molar-refractivity contribution is -0.152. The highest BCUT2D eigenvalue weighted by Gasteiger charge is 2.66. The quantitative estimate of drug-likeness (QED) is 0.562. The molecule has 0 saturated heterocycles. The predicted molar refractivity (Wildman–Crippen MR) is 68.7 cm³/mol. The lowest BCUT2D eigenvalue weighted by Gasteiger charge is -2.34. The van der Waals surface area contributed by atoms with Crippen LogP contribution >= 0.6 is 0 Å². The van der Waals surface area contributed by atoms with Crippen LogP contribution in [0.25, 0.3) is 0 Å². The van der Waals surface area contributed by atoms with Crippen molar-refractivity contribution < 1.29 is 9.53 Å². The molecule has 0 heterocycles. The Morgan fingerprint density at radius 1 is 1.28 bits per heavy atom. The summed E-state index contributed by atoms with van der Waals surface area (Å²) in [5, 5.41) is 0. The normalized spacial score (nSPS) is 43.2. The molecule has 3 saturated carbocycles. The van der Waals surface area contributed by atoms with Crippen molar-refractivity contribution in [2.24, 2.45) is 35.0 Å². The number of hydrogen-bond acceptors (Lipinski definition) is 2. The molecule has 0 unspecified atom stereocenters. The minimum absolute atomic E-state index is 0.0891. The third kappa shape index (κ3) is 1.38. The Kier molecular flexibility index (Phi) is 2.22. The molecule has 0 aliphatic heterocycles. The van der Waals surface area contributed by atoms with Gasteiger partial charge in [-0.2, -0.15) is 0 Å². The number of esters is 1. The van der Waals surface area contributed by atoms with Gasteiger partial charge < -0.3 is 4.74 Å². The topological polar surface area (TPSA) is 26.3 Å². The molecule has 0 radical (unpaired) electrons. The van der Waals surface area contributed by atoms with Gasteiger partial charge in [0, 0.05) is 0 Å². The molecule has 3 fully saturated rings. The Bertz CT molecular complexity index is 403. The zero-order valence-electron chi connectivity index (χ0n) is 11.1. The molecule has 4 aliphatic rings. The zero-order valence-corrected chi connectivity index (χ0v) is 11.1. The van der Waals surface area contributed by atoms with Crippen LogP contribution in [0, 0.1) is 35.0 Å². The molecule has 0 N–H and O–H groups in total. The number of hydrogen-bond donors (Lipinski definition) is 0. The molecule has 0 aromatic carbocycles. The van der Waals surface area contributed by atoms with Gasteiger partial charge in [-0.25, -0.2) is 0 Å². The number of carbonyl (C=O) groups excluding carboxylic acids is 1. The van der Waals surface area contributed by atoms with Crippen molar-refractivity contribution in [3.8, 4) is 0 Å². The Balaban J connectivity index is 1.63. The fraction of sp³-hybridized carbons (Fsp3) is 0.812. The molecule has 4 rings (SSSR count). The van der Waals surface area contributed by atoms with E-state index in [2.05, 4.69) is 12.2 Å². The van der Waals surface area contributed by atoms with E-state index in [0.29, 0.717) is 29.8 Å². The first-order valence-electron chi connectivity index (χ1n) is 7.61. The molecule has 98 valence electrons. The van der Waals surface area contributed by atoms with Crippen molar-refractivity contribution in [2.45, 2.75) is 39.0 Å². The number of allylic oxidation sites excluding steroid dienone is 2. The average molecular weight is 246 g/mol. The molecule has 0 aromatic heterocycles. The second kappa shape index (κ2) is 3.61. The van der Waals surface area contributed by atoms with Gasteiger partial charge in [-0.1, -0.05) is 12.2 Å². The van der Waals surface area contributed by atoms with Gasteiger partial charge in [-0.3, -0.25) is 4.79 Å². The number of carbonyl (C=O) groups is 1. The van der Waals surface area contributed by atoms with Crippen molar-refractivity contribution in [3.63, 3.8) is 0 Å². The summed E-state index contributed by atoms with van der Waals surface area (Å²) in [5.74, 6) is 2.98. The molecule has 4 atom stereocenters. The van der Waals surface area contributed by atoms with Crippen LogP contribution in [0.2, 0.25) is 0 Å². The number of fused-ring (bicyclic) bond motifs is 2. The monoisotopic (exact) mass is 246 g/mol. The van der Waals surface area contributed by atoms with Crippen LogP contribution in [0.15, 0.2) is 12.2 Å². The first kappa shape index (κ1) is 11.1. The maximum Gasteiger partial charge on any atom is 0.309 e. The number of rotatable bonds is 4. The summed E-state index contributed by atoms with van der Waals surface area (Å²) >= 11 is 0. The Morgan fingerprint density at radius 3 is 2.61 bits per heavy atom. The largest absolute Gasteiger partial charge is 0.466 e. The van der Waals surface area contributed by atoms with Crippen LogP contribution in [0.4, 0.5) is 0 Å². The highest BCUT2D eigenvalue weighted by Crippen LogP contribution is 2.72. The van der Waals surface area contributed by atoms with Crippen molar-refractivity contribution in [2.75, 3.05) is 6.61 Å². The molecule has 0 aromatic rings. The van der Waals surface area contributed by atoms with Gasteiger partial charge in [0.05, 0.1) is 12.5 Å². The third-order valence-corrected chi connectivity index (χ3v) is 5.90. The maximum absolute atomic E-state index is 12.3. The fourth-order valence-corrected chi connectivity index (χ4v) is 4.98. The summed E-state index contributed by atoms with van der Waals surface area (Å²) in [6, 6.07) is 0. The van der Waals surface area contributed by atoms with Crippen molar-refractivity contribution in [1.29, 1.82) is 0 Å². The van der Waals surface area contributed by atoms with Gasteiger partial charge in [0.2, 0.25) is 0 Å². The minimum atomic E-state index is 0.0891. The van der Waals surface area contributed by atoms with Crippen LogP contribution in [0.1, 0.15) is 39.0 Å². The Labute approximate surface area is 109 Å². The summed E-state index contributed by atoms with van der Waals surface area (Å²) in [7, 11) is 0. The van der Waals surface area contributed by atoms with E-state index in [1.54, 1.807) is 0 Å². The highest BCUT2D eigenvalue weighted by molar-refractivity contribution is 5.75.